The zero-order valence-electron chi connectivity index (χ0n) is 6.91. The van der Waals surface area contributed by atoms with E-state index in [1.54, 1.807) is 12.1 Å². The fourth-order valence-corrected chi connectivity index (χ4v) is 1.25. The van der Waals surface area contributed by atoms with E-state index < -0.39 is 6.09 Å². The van der Waals surface area contributed by atoms with Gasteiger partial charge in [0.15, 0.2) is 0 Å². The molecule has 1 amide bonds. The topological polar surface area (TPSA) is 58.6 Å². The molecule has 4 heteroatoms. The van der Waals surface area contributed by atoms with E-state index in [1.807, 2.05) is 6.07 Å². The largest absolute Gasteiger partial charge is 0.444 e. The molecule has 1 aliphatic rings. The van der Waals surface area contributed by atoms with Gasteiger partial charge in [-0.15, -0.1) is 0 Å². The van der Waals surface area contributed by atoms with Crippen LogP contribution in [0.5, 0.6) is 0 Å². The lowest BCUT2D eigenvalue weighted by atomic mass is 10.1. The predicted octanol–water partition coefficient (Wildman–Crippen LogP) is 1.24. The predicted molar refractivity (Wildman–Crippen MR) is 46.2 cm³/mol. The molecule has 4 nitrogen and oxygen atoms in total. The minimum absolute atomic E-state index is 0.0238. The normalized spacial score (nSPS) is 14.4. The summed E-state index contributed by atoms with van der Waals surface area (Å²) in [4.78, 5) is 10.8. The maximum Gasteiger partial charge on any atom is 0.411 e. The van der Waals surface area contributed by atoms with Crippen LogP contribution in [0.2, 0.25) is 0 Å². The number of carbonyl (C=O) groups is 1. The quantitative estimate of drug-likeness (QED) is 0.681. The lowest BCUT2D eigenvalue weighted by Crippen LogP contribution is -2.20. The van der Waals surface area contributed by atoms with E-state index in [2.05, 4.69) is 5.32 Å². The zero-order chi connectivity index (χ0) is 9.26. The molecule has 0 aromatic heterocycles. The minimum Gasteiger partial charge on any atom is -0.444 e. The van der Waals surface area contributed by atoms with Crippen molar-refractivity contribution in [3.05, 3.63) is 29.3 Å². The third kappa shape index (κ3) is 1.48. The van der Waals surface area contributed by atoms with Gasteiger partial charge in [-0.1, -0.05) is 12.1 Å². The van der Waals surface area contributed by atoms with Crippen LogP contribution in [0.25, 0.3) is 0 Å². The number of carbonyl (C=O) groups excluding carboxylic acids is 1. The Kier molecular flexibility index (Phi) is 1.90. The Labute approximate surface area is 75.1 Å². The van der Waals surface area contributed by atoms with Crippen LogP contribution in [-0.4, -0.2) is 11.2 Å². The van der Waals surface area contributed by atoms with Gasteiger partial charge in [0, 0.05) is 5.56 Å². The number of ether oxygens (including phenoxy) is 1. The molecule has 0 saturated heterocycles. The van der Waals surface area contributed by atoms with Gasteiger partial charge in [0.25, 0.3) is 0 Å². The summed E-state index contributed by atoms with van der Waals surface area (Å²) in [5, 5.41) is 11.4. The van der Waals surface area contributed by atoms with E-state index in [-0.39, 0.29) is 6.61 Å². The third-order valence-corrected chi connectivity index (χ3v) is 1.95. The first kappa shape index (κ1) is 8.07. The standard InChI is InChI=1S/C9H9NO3/c11-4-6-1-2-7-5-13-9(12)10-8(7)3-6/h1-3,11H,4-5H2,(H,10,12). The van der Waals surface area contributed by atoms with Crippen LogP contribution < -0.4 is 5.32 Å². The first-order chi connectivity index (χ1) is 6.29. The van der Waals surface area contributed by atoms with Crippen LogP contribution in [-0.2, 0) is 18.0 Å². The van der Waals surface area contributed by atoms with Crippen molar-refractivity contribution in [2.75, 3.05) is 5.32 Å². The molecule has 2 rings (SSSR count). The number of fused-ring (bicyclic) bond motifs is 1. The number of aliphatic hydroxyl groups excluding tert-OH is 1. The Bertz CT molecular complexity index is 349. The Hall–Kier alpha value is -1.55. The van der Waals surface area contributed by atoms with Gasteiger partial charge in [-0.3, -0.25) is 5.32 Å². The first-order valence-electron chi connectivity index (χ1n) is 3.96. The van der Waals surface area contributed by atoms with Gasteiger partial charge in [-0.25, -0.2) is 4.79 Å². The van der Waals surface area contributed by atoms with Gasteiger partial charge < -0.3 is 9.84 Å². The molecular formula is C9H9NO3. The summed E-state index contributed by atoms with van der Waals surface area (Å²) in [6.45, 7) is 0.275. The third-order valence-electron chi connectivity index (χ3n) is 1.95. The van der Waals surface area contributed by atoms with E-state index in [0.717, 1.165) is 16.8 Å². The molecule has 0 fully saturated rings. The highest BCUT2D eigenvalue weighted by Crippen LogP contribution is 2.22. The number of nitrogens with one attached hydrogen (secondary N) is 1. The number of rotatable bonds is 1. The first-order valence-corrected chi connectivity index (χ1v) is 3.96. The van der Waals surface area contributed by atoms with Gasteiger partial charge in [-0.2, -0.15) is 0 Å². The SMILES string of the molecule is O=C1Nc2cc(CO)ccc2CO1. The van der Waals surface area contributed by atoms with Crippen LogP contribution >= 0.6 is 0 Å². The molecule has 0 atom stereocenters. The summed E-state index contributed by atoms with van der Waals surface area (Å²) in [5.74, 6) is 0. The fraction of sp³-hybridized carbons (Fsp3) is 0.222. The summed E-state index contributed by atoms with van der Waals surface area (Å²) < 4.78 is 4.77. The second-order valence-electron chi connectivity index (χ2n) is 2.85. The van der Waals surface area contributed by atoms with Gasteiger partial charge in [0.1, 0.15) is 6.61 Å². The molecule has 0 radical (unpaired) electrons. The Morgan fingerprint density at radius 2 is 2.38 bits per heavy atom. The highest BCUT2D eigenvalue weighted by atomic mass is 16.5. The Morgan fingerprint density at radius 3 is 3.15 bits per heavy atom. The summed E-state index contributed by atoms with van der Waals surface area (Å²) >= 11 is 0. The second kappa shape index (κ2) is 3.06. The summed E-state index contributed by atoms with van der Waals surface area (Å²) in [5.41, 5.74) is 2.43. The Morgan fingerprint density at radius 1 is 1.54 bits per heavy atom. The number of aliphatic hydroxyl groups is 1. The smallest absolute Gasteiger partial charge is 0.411 e. The van der Waals surface area contributed by atoms with Crippen LogP contribution in [0.15, 0.2) is 18.2 Å². The van der Waals surface area contributed by atoms with Gasteiger partial charge >= 0.3 is 6.09 Å². The monoisotopic (exact) mass is 179 g/mol. The van der Waals surface area contributed by atoms with Crippen molar-refractivity contribution in [1.82, 2.24) is 0 Å². The highest BCUT2D eigenvalue weighted by molar-refractivity contribution is 5.87. The summed E-state index contributed by atoms with van der Waals surface area (Å²) in [7, 11) is 0. The molecule has 1 heterocycles. The molecular weight excluding hydrogens is 170 g/mol. The molecule has 1 aromatic rings. The minimum atomic E-state index is -0.442. The van der Waals surface area contributed by atoms with Crippen molar-refractivity contribution in [1.29, 1.82) is 0 Å². The molecule has 0 spiro atoms. The van der Waals surface area contributed by atoms with Crippen molar-refractivity contribution in [3.8, 4) is 0 Å². The molecule has 0 bridgehead atoms. The zero-order valence-corrected chi connectivity index (χ0v) is 6.91. The Balaban J connectivity index is 2.38. The number of benzene rings is 1. The molecule has 1 aromatic carbocycles. The summed E-state index contributed by atoms with van der Waals surface area (Å²) in [6.07, 6.45) is -0.442. The van der Waals surface area contributed by atoms with Gasteiger partial charge in [0.05, 0.1) is 12.3 Å². The molecule has 0 aliphatic carbocycles. The van der Waals surface area contributed by atoms with Crippen molar-refractivity contribution < 1.29 is 14.6 Å². The van der Waals surface area contributed by atoms with Gasteiger partial charge in [0.2, 0.25) is 0 Å². The van der Waals surface area contributed by atoms with E-state index in [1.165, 1.54) is 0 Å². The molecule has 2 N–H and O–H groups in total. The lowest BCUT2D eigenvalue weighted by molar-refractivity contribution is 0.151. The van der Waals surface area contributed by atoms with Crippen LogP contribution in [0.4, 0.5) is 10.5 Å². The number of cyclic esters (lactones) is 1. The lowest BCUT2D eigenvalue weighted by Gasteiger charge is -2.17. The number of hydrogen-bond acceptors (Lipinski definition) is 3. The van der Waals surface area contributed by atoms with Crippen molar-refractivity contribution in [2.45, 2.75) is 13.2 Å². The highest BCUT2D eigenvalue weighted by Gasteiger charge is 2.14. The van der Waals surface area contributed by atoms with Crippen LogP contribution in [0.3, 0.4) is 0 Å². The molecule has 68 valence electrons. The molecule has 0 unspecified atom stereocenters. The van der Waals surface area contributed by atoms with E-state index in [4.69, 9.17) is 9.84 Å². The van der Waals surface area contributed by atoms with Crippen LogP contribution in [0, 0.1) is 0 Å². The summed E-state index contributed by atoms with van der Waals surface area (Å²) in [6, 6.07) is 5.38. The average Bonchev–Trinajstić information content (AvgIpc) is 2.16. The molecule has 13 heavy (non-hydrogen) atoms. The van der Waals surface area contributed by atoms with Crippen molar-refractivity contribution >= 4 is 11.8 Å². The van der Waals surface area contributed by atoms with E-state index >= 15 is 0 Å². The van der Waals surface area contributed by atoms with Crippen molar-refractivity contribution in [2.24, 2.45) is 0 Å². The fourth-order valence-electron chi connectivity index (χ4n) is 1.25. The number of amides is 1. The average molecular weight is 179 g/mol. The second-order valence-corrected chi connectivity index (χ2v) is 2.85. The maximum absolute atomic E-state index is 10.8. The maximum atomic E-state index is 10.8. The van der Waals surface area contributed by atoms with Crippen molar-refractivity contribution in [3.63, 3.8) is 0 Å². The number of anilines is 1. The van der Waals surface area contributed by atoms with Gasteiger partial charge in [-0.05, 0) is 11.6 Å². The number of hydrogen-bond donors (Lipinski definition) is 2. The van der Waals surface area contributed by atoms with E-state index in [9.17, 15) is 4.79 Å². The molecule has 1 aliphatic heterocycles. The van der Waals surface area contributed by atoms with Crippen LogP contribution in [0.1, 0.15) is 11.1 Å². The van der Waals surface area contributed by atoms with E-state index in [0.29, 0.717) is 6.61 Å². The molecule has 0 saturated carbocycles.